The third-order valence-electron chi connectivity index (χ3n) is 5.68. The zero-order valence-corrected chi connectivity index (χ0v) is 15.2. The number of rotatable bonds is 3. The van der Waals surface area contributed by atoms with E-state index in [1.165, 1.54) is 44.3 Å². The van der Waals surface area contributed by atoms with E-state index in [4.69, 9.17) is 16.3 Å². The third-order valence-corrected chi connectivity index (χ3v) is 5.94. The average Bonchev–Trinajstić information content (AvgIpc) is 2.66. The lowest BCUT2D eigenvalue weighted by molar-refractivity contribution is -0.0218. The first-order chi connectivity index (χ1) is 12.2. The first kappa shape index (κ1) is 17.0. The minimum absolute atomic E-state index is 0.545. The van der Waals surface area contributed by atoms with Gasteiger partial charge in [0.2, 0.25) is 0 Å². The van der Waals surface area contributed by atoms with Crippen LogP contribution in [0.15, 0.2) is 36.7 Å². The lowest BCUT2D eigenvalue weighted by Crippen LogP contribution is -2.42. The Morgan fingerprint density at radius 1 is 0.960 bits per heavy atom. The second-order valence-electron chi connectivity index (χ2n) is 7.31. The van der Waals surface area contributed by atoms with Gasteiger partial charge in [-0.25, -0.2) is 9.97 Å². The Bertz CT molecular complexity index is 686. The molecule has 5 heteroatoms. The number of benzene rings is 1. The molecule has 2 aliphatic rings. The van der Waals surface area contributed by atoms with Crippen LogP contribution < -0.4 is 0 Å². The molecule has 2 aliphatic heterocycles. The molecule has 0 saturated carbocycles. The Kier molecular flexibility index (Phi) is 5.02. The standard InChI is InChI=1S/C20H24ClN3O/c21-18-3-1-17(2-4-18)19-22-13-16(14-23-19)15-24-9-5-20(6-10-24)7-11-25-12-8-20/h1-4,13-14H,5-12,15H2. The topological polar surface area (TPSA) is 38.2 Å². The van der Waals surface area contributed by atoms with E-state index in [0.717, 1.165) is 36.2 Å². The van der Waals surface area contributed by atoms with Gasteiger partial charge in [-0.2, -0.15) is 0 Å². The van der Waals surface area contributed by atoms with E-state index in [0.29, 0.717) is 5.41 Å². The van der Waals surface area contributed by atoms with Crippen molar-refractivity contribution >= 4 is 11.6 Å². The van der Waals surface area contributed by atoms with Crippen LogP contribution >= 0.6 is 11.6 Å². The molecule has 0 amide bonds. The highest BCUT2D eigenvalue weighted by molar-refractivity contribution is 6.30. The summed E-state index contributed by atoms with van der Waals surface area (Å²) >= 11 is 5.93. The van der Waals surface area contributed by atoms with E-state index in [1.54, 1.807) is 0 Å². The molecule has 4 nitrogen and oxygen atoms in total. The highest BCUT2D eigenvalue weighted by Crippen LogP contribution is 2.40. The molecule has 0 aliphatic carbocycles. The molecule has 2 fully saturated rings. The molecular weight excluding hydrogens is 334 g/mol. The molecule has 0 radical (unpaired) electrons. The van der Waals surface area contributed by atoms with Gasteiger partial charge in [-0.3, -0.25) is 4.90 Å². The van der Waals surface area contributed by atoms with Gasteiger partial charge in [-0.15, -0.1) is 0 Å². The number of piperidine rings is 1. The number of aromatic nitrogens is 2. The highest BCUT2D eigenvalue weighted by atomic mass is 35.5. The number of nitrogens with zero attached hydrogens (tertiary/aromatic N) is 3. The van der Waals surface area contributed by atoms with Crippen LogP contribution in [-0.2, 0) is 11.3 Å². The van der Waals surface area contributed by atoms with E-state index in [1.807, 2.05) is 36.7 Å². The van der Waals surface area contributed by atoms with Gasteiger partial charge in [0, 0.05) is 48.3 Å². The highest BCUT2D eigenvalue weighted by Gasteiger charge is 2.35. The van der Waals surface area contributed by atoms with Crippen molar-refractivity contribution in [1.29, 1.82) is 0 Å². The largest absolute Gasteiger partial charge is 0.381 e. The predicted octanol–water partition coefficient (Wildman–Crippen LogP) is 4.19. The Morgan fingerprint density at radius 3 is 2.24 bits per heavy atom. The molecule has 1 spiro atoms. The van der Waals surface area contributed by atoms with Crippen molar-refractivity contribution in [3.8, 4) is 11.4 Å². The summed E-state index contributed by atoms with van der Waals surface area (Å²) in [7, 11) is 0. The summed E-state index contributed by atoms with van der Waals surface area (Å²) in [4.78, 5) is 11.6. The SMILES string of the molecule is Clc1ccc(-c2ncc(CN3CCC4(CCOCC4)CC3)cn2)cc1. The van der Waals surface area contributed by atoms with Crippen molar-refractivity contribution in [3.63, 3.8) is 0 Å². The maximum absolute atomic E-state index is 5.93. The van der Waals surface area contributed by atoms with Gasteiger partial charge in [0.1, 0.15) is 0 Å². The second kappa shape index (κ2) is 7.40. The van der Waals surface area contributed by atoms with Gasteiger partial charge in [0.15, 0.2) is 5.82 Å². The quantitative estimate of drug-likeness (QED) is 0.825. The molecule has 25 heavy (non-hydrogen) atoms. The van der Waals surface area contributed by atoms with Gasteiger partial charge in [-0.1, -0.05) is 11.6 Å². The minimum atomic E-state index is 0.545. The van der Waals surface area contributed by atoms with Crippen molar-refractivity contribution < 1.29 is 4.74 Å². The summed E-state index contributed by atoms with van der Waals surface area (Å²) in [6.07, 6.45) is 8.96. The lowest BCUT2D eigenvalue weighted by Gasteiger charge is -2.44. The molecule has 0 unspecified atom stereocenters. The Hall–Kier alpha value is -1.49. The molecule has 0 atom stereocenters. The average molecular weight is 358 g/mol. The normalized spacial score (nSPS) is 20.7. The number of hydrogen-bond acceptors (Lipinski definition) is 4. The van der Waals surface area contributed by atoms with E-state index < -0.39 is 0 Å². The number of ether oxygens (including phenoxy) is 1. The van der Waals surface area contributed by atoms with Crippen LogP contribution in [-0.4, -0.2) is 41.2 Å². The Labute approximate surface area is 154 Å². The van der Waals surface area contributed by atoms with Crippen molar-refractivity contribution in [1.82, 2.24) is 14.9 Å². The van der Waals surface area contributed by atoms with Crippen molar-refractivity contribution in [2.45, 2.75) is 32.2 Å². The van der Waals surface area contributed by atoms with E-state index >= 15 is 0 Å². The van der Waals surface area contributed by atoms with Gasteiger partial charge >= 0.3 is 0 Å². The zero-order chi connectivity index (χ0) is 17.1. The minimum Gasteiger partial charge on any atom is -0.381 e. The van der Waals surface area contributed by atoms with Gasteiger partial charge < -0.3 is 4.74 Å². The summed E-state index contributed by atoms with van der Waals surface area (Å²) in [5.74, 6) is 0.750. The monoisotopic (exact) mass is 357 g/mol. The Balaban J connectivity index is 1.35. The summed E-state index contributed by atoms with van der Waals surface area (Å²) < 4.78 is 5.54. The fourth-order valence-electron chi connectivity index (χ4n) is 3.93. The van der Waals surface area contributed by atoms with Crippen LogP contribution in [0.4, 0.5) is 0 Å². The van der Waals surface area contributed by atoms with Gasteiger partial charge in [0.25, 0.3) is 0 Å². The third kappa shape index (κ3) is 4.02. The zero-order valence-electron chi connectivity index (χ0n) is 14.5. The van der Waals surface area contributed by atoms with Crippen molar-refractivity contribution in [2.75, 3.05) is 26.3 Å². The summed E-state index contributed by atoms with van der Waals surface area (Å²) in [5, 5.41) is 0.729. The lowest BCUT2D eigenvalue weighted by atomic mass is 9.72. The molecule has 4 rings (SSSR count). The molecule has 1 aromatic heterocycles. The predicted molar refractivity (Wildman–Crippen MR) is 99.5 cm³/mol. The number of likely N-dealkylation sites (tertiary alicyclic amines) is 1. The van der Waals surface area contributed by atoms with Crippen LogP contribution in [0, 0.1) is 5.41 Å². The molecule has 1 aromatic carbocycles. The first-order valence-corrected chi connectivity index (χ1v) is 9.47. The molecule has 2 aromatic rings. The molecule has 2 saturated heterocycles. The van der Waals surface area contributed by atoms with Crippen LogP contribution in [0.25, 0.3) is 11.4 Å². The van der Waals surface area contributed by atoms with E-state index in [-0.39, 0.29) is 0 Å². The van der Waals surface area contributed by atoms with Crippen LogP contribution in [0.1, 0.15) is 31.2 Å². The van der Waals surface area contributed by atoms with Gasteiger partial charge in [0.05, 0.1) is 0 Å². The summed E-state index contributed by atoms with van der Waals surface area (Å²) in [6.45, 7) is 5.16. The van der Waals surface area contributed by atoms with Gasteiger partial charge in [-0.05, 0) is 68.5 Å². The number of halogens is 1. The fourth-order valence-corrected chi connectivity index (χ4v) is 4.06. The molecular formula is C20H24ClN3O. The molecule has 0 bridgehead atoms. The van der Waals surface area contributed by atoms with E-state index in [2.05, 4.69) is 14.9 Å². The fraction of sp³-hybridized carbons (Fsp3) is 0.500. The Morgan fingerprint density at radius 2 is 1.60 bits per heavy atom. The van der Waals surface area contributed by atoms with Crippen LogP contribution in [0.5, 0.6) is 0 Å². The van der Waals surface area contributed by atoms with Crippen molar-refractivity contribution in [3.05, 3.63) is 47.2 Å². The van der Waals surface area contributed by atoms with Crippen LogP contribution in [0.2, 0.25) is 5.02 Å². The summed E-state index contributed by atoms with van der Waals surface area (Å²) in [6, 6.07) is 7.65. The first-order valence-electron chi connectivity index (χ1n) is 9.10. The maximum Gasteiger partial charge on any atom is 0.159 e. The van der Waals surface area contributed by atoms with Crippen LogP contribution in [0.3, 0.4) is 0 Å². The van der Waals surface area contributed by atoms with E-state index in [9.17, 15) is 0 Å². The maximum atomic E-state index is 5.93. The summed E-state index contributed by atoms with van der Waals surface area (Å²) in [5.41, 5.74) is 2.72. The molecule has 0 N–H and O–H groups in total. The molecule has 132 valence electrons. The smallest absolute Gasteiger partial charge is 0.159 e. The molecule has 3 heterocycles. The van der Waals surface area contributed by atoms with Crippen molar-refractivity contribution in [2.24, 2.45) is 5.41 Å². The number of hydrogen-bond donors (Lipinski definition) is 0. The second-order valence-corrected chi connectivity index (χ2v) is 7.75.